The molecule has 0 spiro atoms. The van der Waals surface area contributed by atoms with Crippen LogP contribution in [0.3, 0.4) is 0 Å². The molecule has 25 heavy (non-hydrogen) atoms. The first kappa shape index (κ1) is 18.4. The van der Waals surface area contributed by atoms with Gasteiger partial charge in [-0.25, -0.2) is 5.43 Å². The van der Waals surface area contributed by atoms with E-state index in [0.29, 0.717) is 16.3 Å². The number of benzene rings is 2. The zero-order valence-corrected chi connectivity index (χ0v) is 14.4. The lowest BCUT2D eigenvalue weighted by atomic mass is 10.1. The minimum Gasteiger partial charge on any atom is -0.374 e. The molecule has 2 rings (SSSR count). The fourth-order valence-corrected chi connectivity index (χ4v) is 2.21. The molecule has 0 unspecified atom stereocenters. The van der Waals surface area contributed by atoms with Gasteiger partial charge < -0.3 is 5.32 Å². The zero-order valence-electron chi connectivity index (χ0n) is 13.7. The number of nitrogens with zero attached hydrogens (tertiary/aromatic N) is 2. The molecule has 1 atom stereocenters. The van der Waals surface area contributed by atoms with E-state index >= 15 is 0 Å². The lowest BCUT2D eigenvalue weighted by molar-refractivity contribution is -0.384. The highest BCUT2D eigenvalue weighted by Crippen LogP contribution is 2.16. The minimum absolute atomic E-state index is 0.0000651. The molecule has 0 heterocycles. The van der Waals surface area contributed by atoms with Crippen molar-refractivity contribution in [2.75, 3.05) is 5.32 Å². The summed E-state index contributed by atoms with van der Waals surface area (Å²) < 4.78 is 0. The Morgan fingerprint density at radius 3 is 2.52 bits per heavy atom. The molecule has 0 saturated heterocycles. The van der Waals surface area contributed by atoms with E-state index < -0.39 is 11.0 Å². The number of hydrogen-bond donors (Lipinski definition) is 2. The number of amides is 1. The van der Waals surface area contributed by atoms with Gasteiger partial charge in [0.05, 0.1) is 10.6 Å². The number of nitrogens with one attached hydrogen (secondary N) is 2. The van der Waals surface area contributed by atoms with Crippen molar-refractivity contribution in [3.63, 3.8) is 0 Å². The number of nitro groups is 1. The van der Waals surface area contributed by atoms with Crippen molar-refractivity contribution in [3.05, 3.63) is 69.2 Å². The van der Waals surface area contributed by atoms with E-state index in [9.17, 15) is 14.9 Å². The standard InChI is InChI=1S/C17H17ClN4O3/c1-11(13-6-8-16(9-7-13)22(24)25)20-21-17(23)12(2)19-15-5-3-4-14(18)10-15/h3-10,12,19H,1-2H3,(H,21,23)/b20-11-/t12-/m0/s1. The molecule has 0 saturated carbocycles. The monoisotopic (exact) mass is 360 g/mol. The number of carbonyl (C=O) groups is 1. The number of anilines is 1. The molecule has 0 aliphatic rings. The fraction of sp³-hybridized carbons (Fsp3) is 0.176. The van der Waals surface area contributed by atoms with Gasteiger partial charge in [-0.1, -0.05) is 17.7 Å². The molecule has 0 bridgehead atoms. The minimum atomic E-state index is -0.521. The first-order chi connectivity index (χ1) is 11.9. The van der Waals surface area contributed by atoms with Gasteiger partial charge in [0, 0.05) is 22.8 Å². The Morgan fingerprint density at radius 2 is 1.92 bits per heavy atom. The Balaban J connectivity index is 1.97. The van der Waals surface area contributed by atoms with Crippen LogP contribution >= 0.6 is 11.6 Å². The lowest BCUT2D eigenvalue weighted by Gasteiger charge is -2.14. The summed E-state index contributed by atoms with van der Waals surface area (Å²) in [4.78, 5) is 22.3. The smallest absolute Gasteiger partial charge is 0.269 e. The normalized spacial score (nSPS) is 12.4. The summed E-state index contributed by atoms with van der Waals surface area (Å²) in [5, 5.41) is 18.3. The van der Waals surface area contributed by atoms with E-state index in [-0.39, 0.29) is 11.6 Å². The highest BCUT2D eigenvalue weighted by molar-refractivity contribution is 6.30. The maximum atomic E-state index is 12.1. The van der Waals surface area contributed by atoms with Crippen LogP contribution in [0.2, 0.25) is 5.02 Å². The summed E-state index contributed by atoms with van der Waals surface area (Å²) in [6.07, 6.45) is 0. The van der Waals surface area contributed by atoms with Crippen LogP contribution in [0, 0.1) is 10.1 Å². The van der Waals surface area contributed by atoms with Crippen molar-refractivity contribution in [1.29, 1.82) is 0 Å². The number of rotatable bonds is 6. The maximum Gasteiger partial charge on any atom is 0.269 e. The quantitative estimate of drug-likeness (QED) is 0.467. The first-order valence-electron chi connectivity index (χ1n) is 7.48. The van der Waals surface area contributed by atoms with Crippen LogP contribution in [0.25, 0.3) is 0 Å². The molecule has 130 valence electrons. The van der Waals surface area contributed by atoms with Gasteiger partial charge in [0.15, 0.2) is 0 Å². The molecule has 7 nitrogen and oxygen atoms in total. The van der Waals surface area contributed by atoms with Gasteiger partial charge in [-0.3, -0.25) is 14.9 Å². The molecule has 0 radical (unpaired) electrons. The van der Waals surface area contributed by atoms with E-state index in [2.05, 4.69) is 15.8 Å². The van der Waals surface area contributed by atoms with Gasteiger partial charge in [0.25, 0.3) is 11.6 Å². The van der Waals surface area contributed by atoms with Crippen molar-refractivity contribution in [3.8, 4) is 0 Å². The van der Waals surface area contributed by atoms with Crippen molar-refractivity contribution >= 4 is 34.6 Å². The van der Waals surface area contributed by atoms with Gasteiger partial charge in [-0.2, -0.15) is 5.10 Å². The average Bonchev–Trinajstić information content (AvgIpc) is 2.59. The predicted octanol–water partition coefficient (Wildman–Crippen LogP) is 3.59. The van der Waals surface area contributed by atoms with Crippen LogP contribution in [0.5, 0.6) is 0 Å². The Kier molecular flexibility index (Phi) is 6.08. The third-order valence-corrected chi connectivity index (χ3v) is 3.67. The summed E-state index contributed by atoms with van der Waals surface area (Å²) in [6.45, 7) is 3.41. The molecule has 0 fully saturated rings. The number of halogens is 1. The summed E-state index contributed by atoms with van der Waals surface area (Å²) in [6, 6.07) is 12.5. The molecular formula is C17H17ClN4O3. The first-order valence-corrected chi connectivity index (χ1v) is 7.85. The molecular weight excluding hydrogens is 344 g/mol. The van der Waals surface area contributed by atoms with E-state index in [4.69, 9.17) is 11.6 Å². The molecule has 1 amide bonds. The molecule has 2 N–H and O–H groups in total. The number of nitro benzene ring substituents is 1. The van der Waals surface area contributed by atoms with E-state index in [0.717, 1.165) is 5.69 Å². The van der Waals surface area contributed by atoms with Crippen molar-refractivity contribution in [1.82, 2.24) is 5.43 Å². The average molecular weight is 361 g/mol. The summed E-state index contributed by atoms with van der Waals surface area (Å²) in [5.74, 6) is -0.318. The number of non-ortho nitro benzene ring substituents is 1. The van der Waals surface area contributed by atoms with Gasteiger partial charge >= 0.3 is 0 Å². The number of carbonyl (C=O) groups excluding carboxylic acids is 1. The molecule has 2 aromatic carbocycles. The highest BCUT2D eigenvalue weighted by Gasteiger charge is 2.12. The van der Waals surface area contributed by atoms with E-state index in [1.165, 1.54) is 12.1 Å². The molecule has 2 aromatic rings. The van der Waals surface area contributed by atoms with E-state index in [1.54, 1.807) is 50.2 Å². The second-order valence-corrected chi connectivity index (χ2v) is 5.79. The third-order valence-electron chi connectivity index (χ3n) is 3.43. The Labute approximate surface area is 149 Å². The highest BCUT2D eigenvalue weighted by atomic mass is 35.5. The van der Waals surface area contributed by atoms with Crippen LogP contribution in [-0.2, 0) is 4.79 Å². The number of hydrazone groups is 1. The van der Waals surface area contributed by atoms with Crippen LogP contribution < -0.4 is 10.7 Å². The molecule has 0 aliphatic carbocycles. The predicted molar refractivity (Wildman–Crippen MR) is 98.0 cm³/mol. The van der Waals surface area contributed by atoms with Gasteiger partial charge in [-0.05, 0) is 49.7 Å². The molecule has 0 aromatic heterocycles. The molecule has 8 heteroatoms. The third kappa shape index (κ3) is 5.29. The van der Waals surface area contributed by atoms with Crippen LogP contribution in [0.1, 0.15) is 19.4 Å². The summed E-state index contributed by atoms with van der Waals surface area (Å²) >= 11 is 5.90. The van der Waals surface area contributed by atoms with E-state index in [1.807, 2.05) is 0 Å². The SMILES string of the molecule is C/C(=N/NC(=O)[C@H](C)Nc1cccc(Cl)c1)c1ccc([N+](=O)[O-])cc1. The van der Waals surface area contributed by atoms with Crippen LogP contribution in [0.4, 0.5) is 11.4 Å². The number of hydrogen-bond acceptors (Lipinski definition) is 5. The second kappa shape index (κ2) is 8.25. The fourth-order valence-electron chi connectivity index (χ4n) is 2.02. The Morgan fingerprint density at radius 1 is 1.24 bits per heavy atom. The second-order valence-electron chi connectivity index (χ2n) is 5.35. The van der Waals surface area contributed by atoms with Crippen molar-refractivity contribution in [2.24, 2.45) is 5.10 Å². The van der Waals surface area contributed by atoms with Crippen molar-refractivity contribution in [2.45, 2.75) is 19.9 Å². The largest absolute Gasteiger partial charge is 0.374 e. The van der Waals surface area contributed by atoms with Gasteiger partial charge in [0.2, 0.25) is 0 Å². The molecule has 0 aliphatic heterocycles. The van der Waals surface area contributed by atoms with Crippen molar-refractivity contribution < 1.29 is 9.72 Å². The maximum absolute atomic E-state index is 12.1. The zero-order chi connectivity index (χ0) is 18.4. The van der Waals surface area contributed by atoms with Crippen LogP contribution in [-0.4, -0.2) is 22.6 Å². The van der Waals surface area contributed by atoms with Gasteiger partial charge in [-0.15, -0.1) is 0 Å². The lowest BCUT2D eigenvalue weighted by Crippen LogP contribution is -2.35. The summed E-state index contributed by atoms with van der Waals surface area (Å²) in [7, 11) is 0. The summed E-state index contributed by atoms with van der Waals surface area (Å²) in [5.41, 5.74) is 4.42. The topological polar surface area (TPSA) is 96.6 Å². The Bertz CT molecular complexity index is 806. The van der Waals surface area contributed by atoms with Gasteiger partial charge in [0.1, 0.15) is 6.04 Å². The van der Waals surface area contributed by atoms with Crippen LogP contribution in [0.15, 0.2) is 53.6 Å². The Hall–Kier alpha value is -2.93.